The number of hydrogen-bond acceptors (Lipinski definition) is 5. The quantitative estimate of drug-likeness (QED) is 0.867. The van der Waals surface area contributed by atoms with E-state index in [1.165, 1.54) is 0 Å². The van der Waals surface area contributed by atoms with Gasteiger partial charge in [0.1, 0.15) is 11.1 Å². The molecule has 3 rings (SSSR count). The Morgan fingerprint density at radius 1 is 1.54 bits per heavy atom. The van der Waals surface area contributed by atoms with Gasteiger partial charge in [0.05, 0.1) is 12.7 Å². The van der Waals surface area contributed by atoms with Gasteiger partial charge in [0.15, 0.2) is 0 Å². The molecular formula is C18H22N2O3S. The topological polar surface area (TPSA) is 60.5 Å². The fourth-order valence-electron chi connectivity index (χ4n) is 2.56. The molecule has 0 unspecified atom stereocenters. The lowest BCUT2D eigenvalue weighted by Crippen LogP contribution is -2.30. The van der Waals surface area contributed by atoms with Gasteiger partial charge in [0.2, 0.25) is 0 Å². The number of rotatable bonds is 6. The lowest BCUT2D eigenvalue weighted by atomic mass is 10.2. The summed E-state index contributed by atoms with van der Waals surface area (Å²) in [5.41, 5.74) is 2.75. The van der Waals surface area contributed by atoms with Gasteiger partial charge in [-0.3, -0.25) is 4.79 Å². The van der Waals surface area contributed by atoms with E-state index in [-0.39, 0.29) is 12.0 Å². The third kappa shape index (κ3) is 4.41. The third-order valence-electron chi connectivity index (χ3n) is 3.92. The van der Waals surface area contributed by atoms with E-state index < -0.39 is 6.10 Å². The molecule has 1 amide bonds. The maximum absolute atomic E-state index is 12.3. The highest BCUT2D eigenvalue weighted by atomic mass is 32.1. The number of amides is 1. The van der Waals surface area contributed by atoms with Gasteiger partial charge in [-0.2, -0.15) is 0 Å². The maximum Gasteiger partial charge on any atom is 0.253 e. The summed E-state index contributed by atoms with van der Waals surface area (Å²) in [7, 11) is 0. The molecule has 1 aliphatic rings. The van der Waals surface area contributed by atoms with Crippen LogP contribution >= 0.6 is 11.3 Å². The van der Waals surface area contributed by atoms with E-state index in [9.17, 15) is 4.79 Å². The minimum Gasteiger partial charge on any atom is -0.376 e. The van der Waals surface area contributed by atoms with Crippen LogP contribution in [0.15, 0.2) is 29.6 Å². The number of nitrogens with zero attached hydrogens (tertiary/aromatic N) is 1. The van der Waals surface area contributed by atoms with Crippen molar-refractivity contribution in [1.29, 1.82) is 0 Å². The molecule has 0 spiro atoms. The molecule has 1 N–H and O–H groups in total. The van der Waals surface area contributed by atoms with Gasteiger partial charge < -0.3 is 14.8 Å². The van der Waals surface area contributed by atoms with Crippen molar-refractivity contribution in [2.75, 3.05) is 18.5 Å². The van der Waals surface area contributed by atoms with Crippen LogP contribution in [0.5, 0.6) is 0 Å². The molecule has 1 aromatic heterocycles. The number of aromatic nitrogens is 1. The van der Waals surface area contributed by atoms with Gasteiger partial charge in [-0.05, 0) is 38.8 Å². The van der Waals surface area contributed by atoms with E-state index >= 15 is 0 Å². The highest BCUT2D eigenvalue weighted by molar-refractivity contribution is 7.13. The molecule has 1 fully saturated rings. The van der Waals surface area contributed by atoms with Gasteiger partial charge in [-0.1, -0.05) is 12.1 Å². The van der Waals surface area contributed by atoms with Crippen LogP contribution in [0.4, 0.5) is 5.69 Å². The van der Waals surface area contributed by atoms with Crippen LogP contribution in [-0.4, -0.2) is 36.3 Å². The first kappa shape index (κ1) is 17.1. The molecule has 1 aromatic carbocycles. The molecule has 0 bridgehead atoms. The zero-order valence-electron chi connectivity index (χ0n) is 14.0. The second-order valence-electron chi connectivity index (χ2n) is 5.97. The normalized spacial score (nSPS) is 18.5. The van der Waals surface area contributed by atoms with Crippen LogP contribution in [-0.2, 0) is 14.3 Å². The molecule has 2 aromatic rings. The molecule has 5 nitrogen and oxygen atoms in total. The van der Waals surface area contributed by atoms with E-state index in [0.717, 1.165) is 41.4 Å². The van der Waals surface area contributed by atoms with Crippen LogP contribution < -0.4 is 5.32 Å². The Morgan fingerprint density at radius 2 is 2.42 bits per heavy atom. The Bertz CT molecular complexity index is 695. The van der Waals surface area contributed by atoms with E-state index in [2.05, 4.69) is 10.3 Å². The minimum atomic E-state index is -0.514. The van der Waals surface area contributed by atoms with Crippen LogP contribution in [0.1, 0.15) is 25.5 Å². The first-order chi connectivity index (χ1) is 11.6. The molecule has 6 heteroatoms. The predicted molar refractivity (Wildman–Crippen MR) is 95.3 cm³/mol. The number of nitrogens with one attached hydrogen (secondary N) is 1. The Hall–Kier alpha value is -1.76. The number of ether oxygens (including phenoxy) is 2. The van der Waals surface area contributed by atoms with Crippen molar-refractivity contribution in [2.45, 2.75) is 38.9 Å². The summed E-state index contributed by atoms with van der Waals surface area (Å²) < 4.78 is 11.1. The van der Waals surface area contributed by atoms with Crippen molar-refractivity contribution >= 4 is 22.9 Å². The molecule has 1 saturated heterocycles. The Balaban J connectivity index is 1.57. The predicted octanol–water partition coefficient (Wildman–Crippen LogP) is 3.64. The van der Waals surface area contributed by atoms with Crippen molar-refractivity contribution in [2.24, 2.45) is 0 Å². The number of thiazole rings is 1. The molecule has 128 valence electrons. The summed E-state index contributed by atoms with van der Waals surface area (Å²) in [6.45, 7) is 4.99. The number of carbonyl (C=O) groups is 1. The van der Waals surface area contributed by atoms with Crippen LogP contribution in [0.2, 0.25) is 0 Å². The van der Waals surface area contributed by atoms with Crippen LogP contribution in [0.25, 0.3) is 10.6 Å². The molecule has 0 radical (unpaired) electrons. The van der Waals surface area contributed by atoms with Crippen molar-refractivity contribution in [3.05, 3.63) is 35.3 Å². The average Bonchev–Trinajstić information content (AvgIpc) is 3.24. The van der Waals surface area contributed by atoms with Gasteiger partial charge >= 0.3 is 0 Å². The highest BCUT2D eigenvalue weighted by Gasteiger charge is 2.20. The Kier molecular flexibility index (Phi) is 5.60. The zero-order chi connectivity index (χ0) is 16.9. The summed E-state index contributed by atoms with van der Waals surface area (Å²) in [5, 5.41) is 5.87. The minimum absolute atomic E-state index is 0.122. The summed E-state index contributed by atoms with van der Waals surface area (Å²) in [6, 6.07) is 7.71. The molecule has 2 heterocycles. The zero-order valence-corrected chi connectivity index (χ0v) is 14.8. The summed E-state index contributed by atoms with van der Waals surface area (Å²) in [5.74, 6) is -0.152. The summed E-state index contributed by atoms with van der Waals surface area (Å²) in [4.78, 5) is 16.8. The molecular weight excluding hydrogens is 324 g/mol. The lowest BCUT2D eigenvalue weighted by Gasteiger charge is -2.16. The summed E-state index contributed by atoms with van der Waals surface area (Å²) >= 11 is 1.60. The monoisotopic (exact) mass is 346 g/mol. The Morgan fingerprint density at radius 3 is 3.12 bits per heavy atom. The van der Waals surface area contributed by atoms with Crippen molar-refractivity contribution in [1.82, 2.24) is 4.98 Å². The number of carbonyl (C=O) groups excluding carboxylic acids is 1. The smallest absolute Gasteiger partial charge is 0.253 e. The van der Waals surface area contributed by atoms with Gasteiger partial charge in [0.25, 0.3) is 5.91 Å². The number of hydrogen-bond donors (Lipinski definition) is 1. The largest absolute Gasteiger partial charge is 0.376 e. The van der Waals surface area contributed by atoms with Gasteiger partial charge in [0, 0.05) is 28.9 Å². The highest BCUT2D eigenvalue weighted by Crippen LogP contribution is 2.26. The number of anilines is 1. The standard InChI is InChI=1S/C18H22N2O3S/c1-12-11-24-18(19-12)14-5-3-6-15(9-14)20-17(21)13(2)23-10-16-7-4-8-22-16/h3,5-6,9,11,13,16H,4,7-8,10H2,1-2H3,(H,20,21)/t13-,16-/m0/s1. The second-order valence-corrected chi connectivity index (χ2v) is 6.83. The number of aryl methyl sites for hydroxylation is 1. The first-order valence-electron chi connectivity index (χ1n) is 8.18. The first-order valence-corrected chi connectivity index (χ1v) is 9.06. The number of benzene rings is 1. The van der Waals surface area contributed by atoms with Crippen molar-refractivity contribution in [3.63, 3.8) is 0 Å². The lowest BCUT2D eigenvalue weighted by molar-refractivity contribution is -0.128. The molecule has 0 aliphatic carbocycles. The summed E-state index contributed by atoms with van der Waals surface area (Å²) in [6.07, 6.45) is 1.68. The fraction of sp³-hybridized carbons (Fsp3) is 0.444. The van der Waals surface area contributed by atoms with E-state index in [1.807, 2.05) is 36.6 Å². The van der Waals surface area contributed by atoms with Crippen molar-refractivity contribution in [3.8, 4) is 10.6 Å². The maximum atomic E-state index is 12.3. The Labute approximate surface area is 146 Å². The van der Waals surface area contributed by atoms with Crippen LogP contribution in [0, 0.1) is 6.92 Å². The van der Waals surface area contributed by atoms with Gasteiger partial charge in [-0.25, -0.2) is 4.98 Å². The molecule has 1 aliphatic heterocycles. The average molecular weight is 346 g/mol. The van der Waals surface area contributed by atoms with Crippen molar-refractivity contribution < 1.29 is 14.3 Å². The SMILES string of the molecule is Cc1csc(-c2cccc(NC(=O)[C@H](C)OC[C@@H]3CCCO3)c2)n1. The fourth-order valence-corrected chi connectivity index (χ4v) is 3.36. The van der Waals surface area contributed by atoms with E-state index in [4.69, 9.17) is 9.47 Å². The van der Waals surface area contributed by atoms with E-state index in [0.29, 0.717) is 6.61 Å². The third-order valence-corrected chi connectivity index (χ3v) is 4.93. The molecule has 2 atom stereocenters. The van der Waals surface area contributed by atoms with Crippen LogP contribution in [0.3, 0.4) is 0 Å². The molecule has 24 heavy (non-hydrogen) atoms. The van der Waals surface area contributed by atoms with E-state index in [1.54, 1.807) is 18.3 Å². The molecule has 0 saturated carbocycles. The second kappa shape index (κ2) is 7.88. The van der Waals surface area contributed by atoms with Gasteiger partial charge in [-0.15, -0.1) is 11.3 Å².